The Labute approximate surface area is 146 Å². The highest BCUT2D eigenvalue weighted by Crippen LogP contribution is 2.40. The number of fused-ring (bicyclic) bond motifs is 1. The molecule has 0 amide bonds. The van der Waals surface area contributed by atoms with Crippen LogP contribution in [-0.4, -0.2) is 15.6 Å². The number of pyridine rings is 1. The molecular formula is C19H13F2NO4. The Hall–Kier alpha value is -3.22. The van der Waals surface area contributed by atoms with E-state index in [1.165, 1.54) is 4.57 Å². The van der Waals surface area contributed by atoms with Crippen molar-refractivity contribution in [1.82, 2.24) is 4.57 Å². The van der Waals surface area contributed by atoms with Crippen LogP contribution in [0.15, 0.2) is 47.4 Å². The van der Waals surface area contributed by atoms with Crippen molar-refractivity contribution in [2.24, 2.45) is 0 Å². The Morgan fingerprint density at radius 2 is 1.88 bits per heavy atom. The predicted octanol–water partition coefficient (Wildman–Crippen LogP) is 4.11. The second kappa shape index (κ2) is 5.94. The molecule has 1 aromatic heterocycles. The topological polar surface area (TPSA) is 68.5 Å². The number of aromatic carboxylic acids is 1. The van der Waals surface area contributed by atoms with Crippen molar-refractivity contribution in [3.8, 4) is 11.5 Å². The van der Waals surface area contributed by atoms with Crippen LogP contribution in [0.2, 0.25) is 0 Å². The van der Waals surface area contributed by atoms with Gasteiger partial charge in [0, 0.05) is 12.2 Å². The molecular weight excluding hydrogens is 344 g/mol. The molecule has 1 aliphatic rings. The molecule has 1 N–H and O–H groups in total. The number of rotatable bonds is 4. The second-order valence-electron chi connectivity index (χ2n) is 6.13. The molecule has 1 heterocycles. The first-order valence-electron chi connectivity index (χ1n) is 8.00. The number of carboxylic acids is 1. The van der Waals surface area contributed by atoms with Crippen molar-refractivity contribution in [1.29, 1.82) is 0 Å². The van der Waals surface area contributed by atoms with E-state index in [1.54, 1.807) is 30.3 Å². The number of nitrogens with zero attached hydrogens (tertiary/aromatic N) is 1. The molecule has 5 nitrogen and oxygen atoms in total. The van der Waals surface area contributed by atoms with Gasteiger partial charge < -0.3 is 14.4 Å². The van der Waals surface area contributed by atoms with E-state index in [1.807, 2.05) is 0 Å². The van der Waals surface area contributed by atoms with E-state index in [0.29, 0.717) is 0 Å². The van der Waals surface area contributed by atoms with Gasteiger partial charge in [-0.3, -0.25) is 4.79 Å². The molecule has 0 aliphatic heterocycles. The fourth-order valence-corrected chi connectivity index (χ4v) is 2.92. The summed E-state index contributed by atoms with van der Waals surface area (Å²) in [5, 5.41) is 8.90. The van der Waals surface area contributed by atoms with Crippen molar-refractivity contribution in [2.45, 2.75) is 18.9 Å². The summed E-state index contributed by atoms with van der Waals surface area (Å²) in [4.78, 5) is 23.7. The van der Waals surface area contributed by atoms with Crippen LogP contribution in [0.5, 0.6) is 11.5 Å². The highest BCUT2D eigenvalue weighted by Gasteiger charge is 2.30. The summed E-state index contributed by atoms with van der Waals surface area (Å²) in [5.74, 6) is -3.91. The number of hydrogen-bond acceptors (Lipinski definition) is 3. The molecule has 0 saturated heterocycles. The van der Waals surface area contributed by atoms with Crippen molar-refractivity contribution < 1.29 is 23.4 Å². The molecule has 0 spiro atoms. The Balaban J connectivity index is 2.00. The van der Waals surface area contributed by atoms with E-state index in [4.69, 9.17) is 4.74 Å². The minimum atomic E-state index is -1.43. The third-order valence-corrected chi connectivity index (χ3v) is 4.30. The van der Waals surface area contributed by atoms with Gasteiger partial charge in [-0.05, 0) is 31.0 Å². The summed E-state index contributed by atoms with van der Waals surface area (Å²) in [5.41, 5.74) is -1.58. The van der Waals surface area contributed by atoms with E-state index in [9.17, 15) is 19.1 Å². The lowest BCUT2D eigenvalue weighted by Crippen LogP contribution is -2.20. The summed E-state index contributed by atoms with van der Waals surface area (Å²) in [6, 6.07) is 8.86. The monoisotopic (exact) mass is 357 g/mol. The molecule has 4 rings (SSSR count). The highest BCUT2D eigenvalue weighted by atomic mass is 19.1. The number of halogens is 2. The quantitative estimate of drug-likeness (QED) is 0.763. The van der Waals surface area contributed by atoms with Crippen molar-refractivity contribution in [3.63, 3.8) is 0 Å². The van der Waals surface area contributed by atoms with Crippen LogP contribution in [0, 0.1) is 11.6 Å². The van der Waals surface area contributed by atoms with Crippen LogP contribution < -0.4 is 10.2 Å². The third kappa shape index (κ3) is 2.61. The zero-order chi connectivity index (χ0) is 18.4. The molecule has 0 unspecified atom stereocenters. The smallest absolute Gasteiger partial charge is 0.341 e. The maximum atomic E-state index is 15.1. The minimum absolute atomic E-state index is 0.124. The number of para-hydroxylation sites is 1. The zero-order valence-corrected chi connectivity index (χ0v) is 13.4. The Morgan fingerprint density at radius 3 is 2.50 bits per heavy atom. The van der Waals surface area contributed by atoms with Gasteiger partial charge >= 0.3 is 5.97 Å². The lowest BCUT2D eigenvalue weighted by atomic mass is 10.1. The molecule has 0 radical (unpaired) electrons. The highest BCUT2D eigenvalue weighted by molar-refractivity contribution is 5.93. The first kappa shape index (κ1) is 16.3. The lowest BCUT2D eigenvalue weighted by Gasteiger charge is -2.15. The molecule has 132 valence electrons. The van der Waals surface area contributed by atoms with Gasteiger partial charge in [0.1, 0.15) is 11.3 Å². The van der Waals surface area contributed by atoms with Gasteiger partial charge in [-0.15, -0.1) is 0 Å². The van der Waals surface area contributed by atoms with Gasteiger partial charge in [0.15, 0.2) is 11.6 Å². The van der Waals surface area contributed by atoms with Crippen LogP contribution in [0.25, 0.3) is 10.9 Å². The lowest BCUT2D eigenvalue weighted by molar-refractivity contribution is 0.0695. The van der Waals surface area contributed by atoms with Crippen molar-refractivity contribution in [2.75, 3.05) is 0 Å². The fraction of sp³-hybridized carbons (Fsp3) is 0.158. The average molecular weight is 357 g/mol. The van der Waals surface area contributed by atoms with Crippen LogP contribution >= 0.6 is 0 Å². The normalized spacial score (nSPS) is 13.8. The number of ether oxygens (including phenoxy) is 1. The average Bonchev–Trinajstić information content (AvgIpc) is 3.45. The first-order valence-corrected chi connectivity index (χ1v) is 8.00. The molecule has 1 fully saturated rings. The molecule has 2 aromatic carbocycles. The van der Waals surface area contributed by atoms with E-state index in [-0.39, 0.29) is 22.7 Å². The van der Waals surface area contributed by atoms with Gasteiger partial charge in [-0.2, -0.15) is 0 Å². The van der Waals surface area contributed by atoms with Crippen LogP contribution in [-0.2, 0) is 0 Å². The van der Waals surface area contributed by atoms with Gasteiger partial charge in [0.2, 0.25) is 11.2 Å². The number of benzene rings is 2. The maximum Gasteiger partial charge on any atom is 0.341 e. The summed E-state index contributed by atoms with van der Waals surface area (Å²) in [7, 11) is 0. The summed E-state index contributed by atoms with van der Waals surface area (Å²) >= 11 is 0. The third-order valence-electron chi connectivity index (χ3n) is 4.30. The fourth-order valence-electron chi connectivity index (χ4n) is 2.92. The second-order valence-corrected chi connectivity index (χ2v) is 6.13. The Bertz CT molecular complexity index is 1090. The molecule has 1 saturated carbocycles. The van der Waals surface area contributed by atoms with E-state index in [2.05, 4.69) is 0 Å². The van der Waals surface area contributed by atoms with E-state index >= 15 is 4.39 Å². The van der Waals surface area contributed by atoms with Gasteiger partial charge in [0.25, 0.3) is 0 Å². The number of hydrogen-bond donors (Lipinski definition) is 1. The largest absolute Gasteiger partial charge is 0.477 e. The van der Waals surface area contributed by atoms with Crippen molar-refractivity contribution >= 4 is 16.9 Å². The van der Waals surface area contributed by atoms with Crippen molar-refractivity contribution in [3.05, 3.63) is 70.0 Å². The van der Waals surface area contributed by atoms with E-state index < -0.39 is 34.3 Å². The van der Waals surface area contributed by atoms with Gasteiger partial charge in [-0.1, -0.05) is 18.2 Å². The number of aromatic nitrogens is 1. The standard InChI is InChI=1S/C19H13F2NO4/c20-14-8-12-16(15(21)18(14)26-11-4-2-1-3-5-11)22(10-6-7-10)9-13(17(12)23)19(24)25/h1-5,8-10H,6-7H2,(H,24,25). The Morgan fingerprint density at radius 1 is 1.19 bits per heavy atom. The first-order chi connectivity index (χ1) is 12.5. The SMILES string of the molecule is O=C(O)c1cn(C2CC2)c2c(F)c(Oc3ccccc3)c(F)cc2c1=O. The van der Waals surface area contributed by atoms with Crippen LogP contribution in [0.3, 0.4) is 0 Å². The van der Waals surface area contributed by atoms with Gasteiger partial charge in [-0.25, -0.2) is 13.6 Å². The van der Waals surface area contributed by atoms with E-state index in [0.717, 1.165) is 25.1 Å². The predicted molar refractivity (Wildman–Crippen MR) is 89.9 cm³/mol. The summed E-state index contributed by atoms with van der Waals surface area (Å²) in [6.07, 6.45) is 2.57. The number of carboxylic acid groups (broad SMARTS) is 1. The molecule has 1 aliphatic carbocycles. The molecule has 3 aromatic rings. The molecule has 0 atom stereocenters. The van der Waals surface area contributed by atoms with Crippen LogP contribution in [0.4, 0.5) is 8.78 Å². The number of carbonyl (C=O) groups is 1. The Kier molecular flexibility index (Phi) is 3.72. The molecule has 7 heteroatoms. The zero-order valence-electron chi connectivity index (χ0n) is 13.4. The summed E-state index contributed by atoms with van der Waals surface area (Å²) in [6.45, 7) is 0. The molecule has 0 bridgehead atoms. The molecule has 26 heavy (non-hydrogen) atoms. The minimum Gasteiger partial charge on any atom is -0.477 e. The maximum absolute atomic E-state index is 15.1. The van der Waals surface area contributed by atoms with Crippen LogP contribution in [0.1, 0.15) is 29.2 Å². The summed E-state index contributed by atoms with van der Waals surface area (Å²) < 4.78 is 36.3. The van der Waals surface area contributed by atoms with Gasteiger partial charge in [0.05, 0.1) is 10.9 Å².